The highest BCUT2D eigenvalue weighted by Gasteiger charge is 2.36. The lowest BCUT2D eigenvalue weighted by molar-refractivity contribution is -0.141. The van der Waals surface area contributed by atoms with Gasteiger partial charge in [0.25, 0.3) is 11.8 Å². The van der Waals surface area contributed by atoms with E-state index in [-0.39, 0.29) is 5.57 Å². The third-order valence-corrected chi connectivity index (χ3v) is 1.63. The molecule has 1 rings (SSSR count). The van der Waals surface area contributed by atoms with Crippen LogP contribution in [0.25, 0.3) is 0 Å². The minimum absolute atomic E-state index is 0.199. The Kier molecular flexibility index (Phi) is 1.56. The molecule has 1 aliphatic heterocycles. The van der Waals surface area contributed by atoms with Crippen LogP contribution in [-0.4, -0.2) is 41.0 Å². The zero-order valence-corrected chi connectivity index (χ0v) is 6.24. The van der Waals surface area contributed by atoms with Crippen LogP contribution in [0, 0.1) is 0 Å². The standard InChI is InChI=1S/C6H8N2O3/c1-7-5(10)4(3-9)6(11)8(7)2/h3,9H,1-2H3. The van der Waals surface area contributed by atoms with Crippen molar-refractivity contribution >= 4 is 11.8 Å². The summed E-state index contributed by atoms with van der Waals surface area (Å²) in [7, 11) is 2.91. The van der Waals surface area contributed by atoms with Gasteiger partial charge >= 0.3 is 0 Å². The zero-order chi connectivity index (χ0) is 8.59. The molecule has 60 valence electrons. The molecule has 0 atom stereocenters. The zero-order valence-electron chi connectivity index (χ0n) is 6.24. The van der Waals surface area contributed by atoms with E-state index >= 15 is 0 Å². The van der Waals surface area contributed by atoms with Crippen molar-refractivity contribution in [3.63, 3.8) is 0 Å². The Morgan fingerprint density at radius 2 is 1.55 bits per heavy atom. The van der Waals surface area contributed by atoms with Crippen LogP contribution < -0.4 is 0 Å². The normalized spacial score (nSPS) is 18.2. The van der Waals surface area contributed by atoms with E-state index in [0.717, 1.165) is 10.0 Å². The van der Waals surface area contributed by atoms with E-state index in [1.807, 2.05) is 0 Å². The van der Waals surface area contributed by atoms with Crippen molar-refractivity contribution in [3.8, 4) is 0 Å². The summed E-state index contributed by atoms with van der Waals surface area (Å²) >= 11 is 0. The average molecular weight is 156 g/mol. The van der Waals surface area contributed by atoms with Gasteiger partial charge < -0.3 is 5.11 Å². The number of carbonyl (C=O) groups is 2. The molecular formula is C6H8N2O3. The third-order valence-electron chi connectivity index (χ3n) is 1.63. The molecule has 5 heteroatoms. The topological polar surface area (TPSA) is 60.9 Å². The van der Waals surface area contributed by atoms with Crippen molar-refractivity contribution in [2.75, 3.05) is 14.1 Å². The summed E-state index contributed by atoms with van der Waals surface area (Å²) in [5.74, 6) is -0.972. The van der Waals surface area contributed by atoms with E-state index in [4.69, 9.17) is 5.11 Å². The van der Waals surface area contributed by atoms with Crippen molar-refractivity contribution in [1.82, 2.24) is 10.0 Å². The number of amides is 2. The highest BCUT2D eigenvalue weighted by molar-refractivity contribution is 6.21. The molecule has 0 aliphatic carbocycles. The summed E-state index contributed by atoms with van der Waals surface area (Å²) in [4.78, 5) is 22.0. The highest BCUT2D eigenvalue weighted by Crippen LogP contribution is 2.14. The van der Waals surface area contributed by atoms with Crippen molar-refractivity contribution in [1.29, 1.82) is 0 Å². The summed E-state index contributed by atoms with van der Waals surface area (Å²) in [6, 6.07) is 0. The smallest absolute Gasteiger partial charge is 0.281 e. The number of hydrogen-bond acceptors (Lipinski definition) is 3. The molecular weight excluding hydrogens is 148 g/mol. The van der Waals surface area contributed by atoms with Gasteiger partial charge in [-0.15, -0.1) is 0 Å². The molecule has 1 aliphatic rings. The number of aliphatic hydroxyl groups excluding tert-OH is 1. The van der Waals surface area contributed by atoms with Crippen molar-refractivity contribution in [2.45, 2.75) is 0 Å². The van der Waals surface area contributed by atoms with Crippen LogP contribution in [0.1, 0.15) is 0 Å². The first kappa shape index (κ1) is 7.59. The second-order valence-electron chi connectivity index (χ2n) is 2.20. The van der Waals surface area contributed by atoms with Crippen LogP contribution in [0.3, 0.4) is 0 Å². The van der Waals surface area contributed by atoms with E-state index in [9.17, 15) is 9.59 Å². The Morgan fingerprint density at radius 1 is 1.18 bits per heavy atom. The maximum atomic E-state index is 11.0. The molecule has 1 heterocycles. The number of likely N-dealkylation sites (N-methyl/N-ethyl adjacent to an activating group) is 2. The predicted molar refractivity (Wildman–Crippen MR) is 36.3 cm³/mol. The van der Waals surface area contributed by atoms with Crippen LogP contribution in [-0.2, 0) is 9.59 Å². The van der Waals surface area contributed by atoms with Crippen molar-refractivity contribution in [3.05, 3.63) is 11.8 Å². The number of carbonyl (C=O) groups excluding carboxylic acids is 2. The minimum Gasteiger partial charge on any atom is -0.515 e. The molecule has 0 saturated carbocycles. The Bertz CT molecular complexity index is 224. The van der Waals surface area contributed by atoms with Crippen LogP contribution >= 0.6 is 0 Å². The average Bonchev–Trinajstić information content (AvgIpc) is 2.17. The lowest BCUT2D eigenvalue weighted by atomic mass is 10.3. The van der Waals surface area contributed by atoms with Gasteiger partial charge in [0.1, 0.15) is 5.57 Å². The minimum atomic E-state index is -0.486. The maximum absolute atomic E-state index is 11.0. The number of hydrazine groups is 1. The van der Waals surface area contributed by atoms with Crippen LogP contribution in [0.15, 0.2) is 11.8 Å². The Hall–Kier alpha value is -1.52. The van der Waals surface area contributed by atoms with Gasteiger partial charge in [0.05, 0.1) is 6.26 Å². The molecule has 0 aromatic heterocycles. The van der Waals surface area contributed by atoms with Crippen molar-refractivity contribution < 1.29 is 14.7 Å². The summed E-state index contributed by atoms with van der Waals surface area (Å²) in [6.07, 6.45) is 0.532. The first-order valence-electron chi connectivity index (χ1n) is 3.00. The van der Waals surface area contributed by atoms with Gasteiger partial charge in [-0.3, -0.25) is 19.6 Å². The molecule has 0 spiro atoms. The van der Waals surface area contributed by atoms with Gasteiger partial charge in [-0.2, -0.15) is 0 Å². The molecule has 2 amide bonds. The maximum Gasteiger partial charge on any atom is 0.281 e. The van der Waals surface area contributed by atoms with E-state index in [2.05, 4.69) is 0 Å². The fourth-order valence-electron chi connectivity index (χ4n) is 0.823. The first-order chi connectivity index (χ1) is 5.09. The molecule has 0 aromatic carbocycles. The molecule has 5 nitrogen and oxygen atoms in total. The SMILES string of the molecule is CN1C(=O)C(=CO)C(=O)N1C. The molecule has 0 bridgehead atoms. The Balaban J connectivity index is 3.05. The predicted octanol–water partition coefficient (Wildman–Crippen LogP) is -0.726. The largest absolute Gasteiger partial charge is 0.515 e. The third kappa shape index (κ3) is 0.849. The first-order valence-corrected chi connectivity index (χ1v) is 3.00. The number of rotatable bonds is 0. The van der Waals surface area contributed by atoms with Crippen LogP contribution in [0.4, 0.5) is 0 Å². The number of nitrogens with zero attached hydrogens (tertiary/aromatic N) is 2. The quantitative estimate of drug-likeness (QED) is 0.286. The Morgan fingerprint density at radius 3 is 1.73 bits per heavy atom. The van der Waals surface area contributed by atoms with Gasteiger partial charge in [0.2, 0.25) is 0 Å². The highest BCUT2D eigenvalue weighted by atomic mass is 16.2. The van der Waals surface area contributed by atoms with E-state index in [1.165, 1.54) is 14.1 Å². The van der Waals surface area contributed by atoms with Gasteiger partial charge in [0.15, 0.2) is 0 Å². The van der Waals surface area contributed by atoms with Crippen LogP contribution in [0.5, 0.6) is 0 Å². The summed E-state index contributed by atoms with van der Waals surface area (Å²) in [5.41, 5.74) is -0.199. The van der Waals surface area contributed by atoms with E-state index in [0.29, 0.717) is 6.26 Å². The van der Waals surface area contributed by atoms with E-state index in [1.54, 1.807) is 0 Å². The van der Waals surface area contributed by atoms with E-state index < -0.39 is 11.8 Å². The van der Waals surface area contributed by atoms with Gasteiger partial charge in [-0.05, 0) is 0 Å². The molecule has 0 radical (unpaired) electrons. The van der Waals surface area contributed by atoms with Gasteiger partial charge in [-0.1, -0.05) is 0 Å². The summed E-state index contributed by atoms with van der Waals surface area (Å²) < 4.78 is 0. The Labute approximate surface area is 63.5 Å². The molecule has 0 unspecified atom stereocenters. The monoisotopic (exact) mass is 156 g/mol. The van der Waals surface area contributed by atoms with Gasteiger partial charge in [-0.25, -0.2) is 0 Å². The fraction of sp³-hybridized carbons (Fsp3) is 0.333. The fourth-order valence-corrected chi connectivity index (χ4v) is 0.823. The molecule has 0 aromatic rings. The molecule has 1 fully saturated rings. The second-order valence-corrected chi connectivity index (χ2v) is 2.20. The summed E-state index contributed by atoms with van der Waals surface area (Å²) in [6.45, 7) is 0. The number of aliphatic hydroxyl groups is 1. The van der Waals surface area contributed by atoms with Gasteiger partial charge in [0, 0.05) is 14.1 Å². The molecule has 1 N–H and O–H groups in total. The number of hydrogen-bond donors (Lipinski definition) is 1. The molecule has 1 saturated heterocycles. The van der Waals surface area contributed by atoms with Crippen LogP contribution in [0.2, 0.25) is 0 Å². The second kappa shape index (κ2) is 2.26. The van der Waals surface area contributed by atoms with Crippen molar-refractivity contribution in [2.24, 2.45) is 0 Å². The lowest BCUT2D eigenvalue weighted by Gasteiger charge is -2.16. The molecule has 11 heavy (non-hydrogen) atoms. The lowest BCUT2D eigenvalue weighted by Crippen LogP contribution is -2.33. The summed E-state index contributed by atoms with van der Waals surface area (Å²) in [5, 5.41) is 10.7.